The van der Waals surface area contributed by atoms with Crippen LogP contribution >= 0.6 is 0 Å². The third-order valence-corrected chi connectivity index (χ3v) is 5.05. The summed E-state index contributed by atoms with van der Waals surface area (Å²) in [7, 11) is 0. The first-order valence-corrected chi connectivity index (χ1v) is 9.50. The van der Waals surface area contributed by atoms with Crippen LogP contribution in [0.5, 0.6) is 0 Å². The van der Waals surface area contributed by atoms with Crippen molar-refractivity contribution < 1.29 is 19.8 Å². The molecule has 0 spiro atoms. The van der Waals surface area contributed by atoms with E-state index in [2.05, 4.69) is 16.7 Å². The number of aliphatic hydroxyl groups is 2. The number of rotatable bonds is 5. The molecule has 0 saturated carbocycles. The third-order valence-electron chi connectivity index (χ3n) is 5.05. The van der Waals surface area contributed by atoms with Gasteiger partial charge in [0, 0.05) is 17.1 Å². The molecule has 2 atom stereocenters. The summed E-state index contributed by atoms with van der Waals surface area (Å²) in [5.74, 6) is -1.63. The van der Waals surface area contributed by atoms with E-state index < -0.39 is 24.0 Å². The van der Waals surface area contributed by atoms with Crippen LogP contribution in [0.4, 0.5) is 5.69 Å². The van der Waals surface area contributed by atoms with E-state index in [1.807, 2.05) is 42.5 Å². The maximum Gasteiger partial charge on any atom is 0.256 e. The average molecular weight is 390 g/mol. The Labute approximate surface area is 167 Å². The minimum absolute atomic E-state index is 0.218. The highest BCUT2D eigenvalue weighted by Gasteiger charge is 2.31. The van der Waals surface area contributed by atoms with Gasteiger partial charge in [0.25, 0.3) is 11.8 Å². The van der Waals surface area contributed by atoms with Gasteiger partial charge in [-0.05, 0) is 46.8 Å². The largest absolute Gasteiger partial charge is 0.380 e. The number of anilines is 1. The molecule has 0 unspecified atom stereocenters. The molecule has 0 heterocycles. The van der Waals surface area contributed by atoms with E-state index >= 15 is 0 Å². The number of nitrogens with one attached hydrogen (secondary N) is 2. The summed E-state index contributed by atoms with van der Waals surface area (Å²) in [6.07, 6.45) is -3.73. The summed E-state index contributed by atoms with van der Waals surface area (Å²) in [5.41, 5.74) is 0.510. The van der Waals surface area contributed by atoms with Crippen molar-refractivity contribution in [1.82, 2.24) is 5.32 Å². The molecule has 0 bridgehead atoms. The number of carbonyl (C=O) groups is 2. The molecule has 0 fully saturated rings. The first-order valence-electron chi connectivity index (χ1n) is 9.50. The van der Waals surface area contributed by atoms with Gasteiger partial charge in [-0.15, -0.1) is 0 Å². The number of aliphatic hydroxyl groups excluding tert-OH is 2. The monoisotopic (exact) mass is 390 g/mol. The van der Waals surface area contributed by atoms with Gasteiger partial charge < -0.3 is 20.8 Å². The predicted octanol–water partition coefficient (Wildman–Crippen LogP) is 2.77. The van der Waals surface area contributed by atoms with Crippen molar-refractivity contribution in [2.24, 2.45) is 0 Å². The fourth-order valence-electron chi connectivity index (χ4n) is 3.71. The molecule has 4 aromatic rings. The Balaban J connectivity index is 1.69. The Morgan fingerprint density at radius 2 is 1.31 bits per heavy atom. The van der Waals surface area contributed by atoms with Crippen molar-refractivity contribution >= 4 is 49.8 Å². The van der Waals surface area contributed by atoms with Crippen LogP contribution in [-0.2, 0) is 9.59 Å². The van der Waals surface area contributed by atoms with Crippen LogP contribution in [0.1, 0.15) is 13.8 Å². The molecule has 0 aliphatic heterocycles. The maximum atomic E-state index is 12.5. The van der Waals surface area contributed by atoms with Crippen molar-refractivity contribution in [3.8, 4) is 0 Å². The highest BCUT2D eigenvalue weighted by atomic mass is 16.3. The van der Waals surface area contributed by atoms with E-state index in [1.54, 1.807) is 19.9 Å². The van der Waals surface area contributed by atoms with Crippen LogP contribution in [-0.4, -0.2) is 40.3 Å². The molecule has 0 aliphatic rings. The Morgan fingerprint density at radius 3 is 1.97 bits per heavy atom. The zero-order valence-corrected chi connectivity index (χ0v) is 16.1. The number of amides is 2. The van der Waals surface area contributed by atoms with Crippen LogP contribution in [0, 0.1) is 0 Å². The zero-order chi connectivity index (χ0) is 20.7. The molecule has 148 valence electrons. The van der Waals surface area contributed by atoms with Crippen LogP contribution in [0.25, 0.3) is 32.3 Å². The van der Waals surface area contributed by atoms with Gasteiger partial charge >= 0.3 is 0 Å². The summed E-state index contributed by atoms with van der Waals surface area (Å²) in [6.45, 7) is 3.45. The molecular formula is C23H22N2O4. The predicted molar refractivity (Wildman–Crippen MR) is 114 cm³/mol. The van der Waals surface area contributed by atoms with E-state index in [-0.39, 0.29) is 6.04 Å². The van der Waals surface area contributed by atoms with Crippen LogP contribution < -0.4 is 10.6 Å². The highest BCUT2D eigenvalue weighted by Crippen LogP contribution is 2.37. The molecule has 0 aliphatic carbocycles. The van der Waals surface area contributed by atoms with E-state index in [4.69, 9.17) is 0 Å². The lowest BCUT2D eigenvalue weighted by Gasteiger charge is -2.19. The minimum Gasteiger partial charge on any atom is -0.380 e. The summed E-state index contributed by atoms with van der Waals surface area (Å²) >= 11 is 0. The SMILES string of the molecule is CC(C)NC(=O)[C@@H](O)[C@H](O)C(=O)Nc1ccc2ccc3cccc4ccc1c2c34. The summed E-state index contributed by atoms with van der Waals surface area (Å²) in [6, 6.07) is 17.5. The Kier molecular flexibility index (Phi) is 4.82. The molecule has 29 heavy (non-hydrogen) atoms. The second kappa shape index (κ2) is 7.31. The third kappa shape index (κ3) is 3.37. The van der Waals surface area contributed by atoms with Crippen LogP contribution in [0.15, 0.2) is 54.6 Å². The van der Waals surface area contributed by atoms with Gasteiger partial charge in [-0.1, -0.05) is 48.5 Å². The fourth-order valence-corrected chi connectivity index (χ4v) is 3.71. The van der Waals surface area contributed by atoms with E-state index in [1.165, 1.54) is 0 Å². The Hall–Kier alpha value is -3.22. The quantitative estimate of drug-likeness (QED) is 0.394. The molecular weight excluding hydrogens is 368 g/mol. The van der Waals surface area contributed by atoms with Crippen LogP contribution in [0.3, 0.4) is 0 Å². The zero-order valence-electron chi connectivity index (χ0n) is 16.1. The van der Waals surface area contributed by atoms with Gasteiger partial charge in [0.1, 0.15) is 0 Å². The summed E-state index contributed by atoms with van der Waals surface area (Å²) in [4.78, 5) is 24.4. The van der Waals surface area contributed by atoms with Gasteiger partial charge in [-0.3, -0.25) is 9.59 Å². The van der Waals surface area contributed by atoms with Gasteiger partial charge in [0.15, 0.2) is 12.2 Å². The lowest BCUT2D eigenvalue weighted by atomic mass is 9.93. The molecule has 4 aromatic carbocycles. The molecule has 6 heteroatoms. The fraction of sp³-hybridized carbons (Fsp3) is 0.217. The maximum absolute atomic E-state index is 12.5. The molecule has 6 nitrogen and oxygen atoms in total. The van der Waals surface area contributed by atoms with E-state index in [0.717, 1.165) is 32.3 Å². The molecule has 0 aromatic heterocycles. The normalized spacial score (nSPS) is 13.8. The number of hydrogen-bond donors (Lipinski definition) is 4. The van der Waals surface area contributed by atoms with Gasteiger partial charge in [0.05, 0.1) is 0 Å². The second-order valence-electron chi connectivity index (χ2n) is 7.51. The average Bonchev–Trinajstić information content (AvgIpc) is 2.71. The summed E-state index contributed by atoms with van der Waals surface area (Å²) < 4.78 is 0. The lowest BCUT2D eigenvalue weighted by molar-refractivity contribution is -0.143. The first kappa shape index (κ1) is 19.1. The smallest absolute Gasteiger partial charge is 0.256 e. The molecule has 0 saturated heterocycles. The van der Waals surface area contributed by atoms with Gasteiger partial charge in [-0.25, -0.2) is 0 Å². The van der Waals surface area contributed by atoms with Crippen molar-refractivity contribution in [3.63, 3.8) is 0 Å². The number of carbonyl (C=O) groups excluding carboxylic acids is 2. The number of hydrogen-bond acceptors (Lipinski definition) is 4. The lowest BCUT2D eigenvalue weighted by Crippen LogP contribution is -2.49. The topological polar surface area (TPSA) is 98.7 Å². The van der Waals surface area contributed by atoms with Crippen molar-refractivity contribution in [2.45, 2.75) is 32.1 Å². The minimum atomic E-state index is -1.88. The number of benzene rings is 4. The van der Waals surface area contributed by atoms with E-state index in [0.29, 0.717) is 5.69 Å². The Morgan fingerprint density at radius 1 is 0.759 bits per heavy atom. The molecule has 4 N–H and O–H groups in total. The van der Waals surface area contributed by atoms with Crippen molar-refractivity contribution in [3.05, 3.63) is 54.6 Å². The van der Waals surface area contributed by atoms with Crippen molar-refractivity contribution in [1.29, 1.82) is 0 Å². The molecule has 0 radical (unpaired) electrons. The van der Waals surface area contributed by atoms with Crippen molar-refractivity contribution in [2.75, 3.05) is 5.32 Å². The first-order chi connectivity index (χ1) is 13.9. The van der Waals surface area contributed by atoms with Gasteiger partial charge in [-0.2, -0.15) is 0 Å². The van der Waals surface area contributed by atoms with E-state index in [9.17, 15) is 19.8 Å². The van der Waals surface area contributed by atoms with Crippen LogP contribution in [0.2, 0.25) is 0 Å². The molecule has 2 amide bonds. The standard InChI is InChI=1S/C23H22N2O4/c1-12(2)24-22(28)20(26)21(27)23(29)25-17-11-9-15-7-6-13-4-3-5-14-8-10-16(17)19(15)18(13)14/h3-12,20-21,26-27H,1-2H3,(H,24,28)(H,25,29)/t20-,21-/m0/s1. The molecule has 4 rings (SSSR count). The summed E-state index contributed by atoms with van der Waals surface area (Å²) in [5, 5.41) is 31.5. The second-order valence-corrected chi connectivity index (χ2v) is 7.51. The van der Waals surface area contributed by atoms with Gasteiger partial charge in [0.2, 0.25) is 0 Å². The Bertz CT molecular complexity index is 1200. The highest BCUT2D eigenvalue weighted by molar-refractivity contribution is 6.26.